The fraction of sp³-hybridized carbons (Fsp3) is 0.333. The van der Waals surface area contributed by atoms with E-state index in [2.05, 4.69) is 160 Å². The Morgan fingerprint density at radius 2 is 1.15 bits per heavy atom. The molecule has 2 radical (unpaired) electrons. The van der Waals surface area contributed by atoms with Crippen LogP contribution in [0.2, 0.25) is 0 Å². The maximum absolute atomic E-state index is 2.59. The molecule has 0 saturated heterocycles. The molecule has 5 aromatic carbocycles. The molecule has 0 spiro atoms. The normalized spacial score (nSPS) is 14.3. The number of hydrogen-bond acceptors (Lipinski definition) is 0. The van der Waals surface area contributed by atoms with E-state index >= 15 is 0 Å². The smallest absolute Gasteiger partial charge is 0.0619 e. The number of fused-ring (bicyclic) bond motifs is 3. The standard InChI is InChI=1S/C45H50Si/c1-11-30-20-31(12-2)22-32(21-30)39-26-40-37-15-13-14-16-38(37)43(33-23-34(44(5,6)7)25-35(24-33)45(8,9)10)41(40)27-42(39)46-36-18-28(3)17-29(4)19-36/h13-27,43H,11-12H2,1-10H3. The molecule has 5 aromatic rings. The Hall–Kier alpha value is -3.68. The summed E-state index contributed by atoms with van der Waals surface area (Å²) in [5.41, 5.74) is 18.3. The average molecular weight is 619 g/mol. The van der Waals surface area contributed by atoms with Gasteiger partial charge in [-0.05, 0) is 105 Å². The highest BCUT2D eigenvalue weighted by Crippen LogP contribution is 2.50. The van der Waals surface area contributed by atoms with Gasteiger partial charge in [0.05, 0.1) is 0 Å². The lowest BCUT2D eigenvalue weighted by Crippen LogP contribution is -2.30. The van der Waals surface area contributed by atoms with Crippen LogP contribution in [-0.2, 0) is 23.7 Å². The Morgan fingerprint density at radius 3 is 1.72 bits per heavy atom. The van der Waals surface area contributed by atoms with Crippen molar-refractivity contribution >= 4 is 19.9 Å². The van der Waals surface area contributed by atoms with Crippen molar-refractivity contribution in [2.24, 2.45) is 0 Å². The Labute approximate surface area is 281 Å². The third-order valence-corrected chi connectivity index (χ3v) is 11.0. The predicted molar refractivity (Wildman–Crippen MR) is 202 cm³/mol. The van der Waals surface area contributed by atoms with E-state index in [1.54, 1.807) is 0 Å². The average Bonchev–Trinajstić information content (AvgIpc) is 3.32. The Bertz CT molecular complexity index is 1850. The van der Waals surface area contributed by atoms with Crippen molar-refractivity contribution in [2.45, 2.75) is 98.8 Å². The topological polar surface area (TPSA) is 0 Å². The number of aryl methyl sites for hydroxylation is 4. The van der Waals surface area contributed by atoms with Crippen LogP contribution in [0.1, 0.15) is 111 Å². The zero-order valence-electron chi connectivity index (χ0n) is 29.7. The molecule has 1 atom stereocenters. The molecule has 0 aromatic heterocycles. The number of hydrogen-bond donors (Lipinski definition) is 0. The molecule has 0 bridgehead atoms. The zero-order chi connectivity index (χ0) is 33.0. The van der Waals surface area contributed by atoms with E-state index < -0.39 is 0 Å². The first-order valence-corrected chi connectivity index (χ1v) is 18.2. The lowest BCUT2D eigenvalue weighted by Gasteiger charge is -2.28. The van der Waals surface area contributed by atoms with Crippen LogP contribution in [0.15, 0.2) is 91.0 Å². The number of rotatable bonds is 6. The minimum Gasteiger partial charge on any atom is -0.0619 e. The Morgan fingerprint density at radius 1 is 0.565 bits per heavy atom. The summed E-state index contributed by atoms with van der Waals surface area (Å²) in [5, 5.41) is 2.86. The van der Waals surface area contributed by atoms with Gasteiger partial charge in [0.15, 0.2) is 0 Å². The third-order valence-electron chi connectivity index (χ3n) is 9.76. The van der Waals surface area contributed by atoms with Crippen LogP contribution in [0.25, 0.3) is 22.3 Å². The molecule has 0 amide bonds. The molecule has 1 aliphatic carbocycles. The summed E-state index contributed by atoms with van der Waals surface area (Å²) in [6.07, 6.45) is 2.09. The number of benzene rings is 5. The van der Waals surface area contributed by atoms with Crippen molar-refractivity contribution in [3.63, 3.8) is 0 Å². The summed E-state index contributed by atoms with van der Waals surface area (Å²) in [5.74, 6) is 0.208. The first kappa shape index (κ1) is 32.3. The van der Waals surface area contributed by atoms with Crippen LogP contribution < -0.4 is 10.4 Å². The second-order valence-corrected chi connectivity index (χ2v) is 17.0. The lowest BCUT2D eigenvalue weighted by atomic mass is 9.77. The second-order valence-electron chi connectivity index (χ2n) is 15.6. The summed E-state index contributed by atoms with van der Waals surface area (Å²) >= 11 is 0. The fourth-order valence-electron chi connectivity index (χ4n) is 7.16. The van der Waals surface area contributed by atoms with Gasteiger partial charge in [0.25, 0.3) is 0 Å². The van der Waals surface area contributed by atoms with Crippen molar-refractivity contribution in [2.75, 3.05) is 0 Å². The van der Waals surface area contributed by atoms with Crippen LogP contribution in [-0.4, -0.2) is 9.52 Å². The molecule has 46 heavy (non-hydrogen) atoms. The molecule has 0 heterocycles. The Balaban J connectivity index is 1.64. The van der Waals surface area contributed by atoms with Crippen molar-refractivity contribution in [3.05, 3.63) is 141 Å². The second kappa shape index (κ2) is 12.2. The van der Waals surface area contributed by atoms with Crippen LogP contribution in [0, 0.1) is 13.8 Å². The van der Waals surface area contributed by atoms with Crippen LogP contribution in [0.3, 0.4) is 0 Å². The predicted octanol–water partition coefficient (Wildman–Crippen LogP) is 10.5. The van der Waals surface area contributed by atoms with Gasteiger partial charge >= 0.3 is 0 Å². The monoisotopic (exact) mass is 618 g/mol. The quantitative estimate of drug-likeness (QED) is 0.163. The van der Waals surface area contributed by atoms with E-state index in [0.717, 1.165) is 12.8 Å². The Kier molecular flexibility index (Phi) is 8.53. The van der Waals surface area contributed by atoms with E-state index in [1.807, 2.05) is 0 Å². The van der Waals surface area contributed by atoms with Gasteiger partial charge in [-0.3, -0.25) is 0 Å². The SMILES string of the molecule is CCc1cc(CC)cc(-c2cc3c(cc2[Si]c2cc(C)cc(C)c2)C(c2cc(C(C)(C)C)cc(C(C)(C)C)c2)c2ccccc2-3)c1. The van der Waals surface area contributed by atoms with E-state index in [9.17, 15) is 0 Å². The largest absolute Gasteiger partial charge is 0.122 e. The summed E-state index contributed by atoms with van der Waals surface area (Å²) in [7, 11) is 0.584. The minimum absolute atomic E-state index is 0.0671. The van der Waals surface area contributed by atoms with Crippen molar-refractivity contribution in [1.82, 2.24) is 0 Å². The summed E-state index contributed by atoms with van der Waals surface area (Å²) in [6, 6.07) is 36.1. The van der Waals surface area contributed by atoms with Gasteiger partial charge < -0.3 is 0 Å². The van der Waals surface area contributed by atoms with E-state index in [0.29, 0.717) is 9.52 Å². The molecule has 0 N–H and O–H groups in total. The molecule has 0 aliphatic heterocycles. The highest BCUT2D eigenvalue weighted by Gasteiger charge is 2.33. The van der Waals surface area contributed by atoms with Crippen LogP contribution >= 0.6 is 0 Å². The molecular weight excluding hydrogens is 569 g/mol. The van der Waals surface area contributed by atoms with Gasteiger partial charge in [-0.25, -0.2) is 0 Å². The molecule has 0 saturated carbocycles. The van der Waals surface area contributed by atoms with Gasteiger partial charge in [0.2, 0.25) is 0 Å². The van der Waals surface area contributed by atoms with E-state index in [-0.39, 0.29) is 16.7 Å². The molecule has 6 rings (SSSR count). The minimum atomic E-state index is 0.0671. The van der Waals surface area contributed by atoms with Gasteiger partial charge in [-0.15, -0.1) is 0 Å². The summed E-state index contributed by atoms with van der Waals surface area (Å²) in [4.78, 5) is 0. The first-order chi connectivity index (χ1) is 21.7. The maximum atomic E-state index is 2.59. The molecule has 234 valence electrons. The molecule has 0 fully saturated rings. The third kappa shape index (κ3) is 6.32. The van der Waals surface area contributed by atoms with Gasteiger partial charge in [0.1, 0.15) is 9.52 Å². The highest BCUT2D eigenvalue weighted by molar-refractivity contribution is 6.69. The van der Waals surface area contributed by atoms with Crippen LogP contribution in [0.5, 0.6) is 0 Å². The maximum Gasteiger partial charge on any atom is 0.122 e. The zero-order valence-corrected chi connectivity index (χ0v) is 30.7. The van der Waals surface area contributed by atoms with Gasteiger partial charge in [-0.1, -0.05) is 162 Å². The van der Waals surface area contributed by atoms with Crippen molar-refractivity contribution in [3.8, 4) is 22.3 Å². The van der Waals surface area contributed by atoms with E-state index in [1.165, 1.54) is 82.7 Å². The molecule has 1 heteroatoms. The van der Waals surface area contributed by atoms with Crippen molar-refractivity contribution in [1.29, 1.82) is 0 Å². The van der Waals surface area contributed by atoms with Gasteiger partial charge in [-0.2, -0.15) is 0 Å². The molecular formula is C45H50Si. The summed E-state index contributed by atoms with van der Waals surface area (Å²) < 4.78 is 0. The van der Waals surface area contributed by atoms with Gasteiger partial charge in [0, 0.05) is 5.92 Å². The molecule has 1 unspecified atom stereocenters. The van der Waals surface area contributed by atoms with Crippen LogP contribution in [0.4, 0.5) is 0 Å². The molecule has 1 aliphatic rings. The summed E-state index contributed by atoms with van der Waals surface area (Å²) in [6.45, 7) is 23.1. The molecule has 0 nitrogen and oxygen atoms in total. The fourth-order valence-corrected chi connectivity index (χ4v) is 8.65. The van der Waals surface area contributed by atoms with E-state index in [4.69, 9.17) is 0 Å². The lowest BCUT2D eigenvalue weighted by molar-refractivity contribution is 0.566. The highest BCUT2D eigenvalue weighted by atomic mass is 28.2. The first-order valence-electron chi connectivity index (χ1n) is 17.2. The van der Waals surface area contributed by atoms with Crippen molar-refractivity contribution < 1.29 is 0 Å².